The number of nitrogens with one attached hydrogen (secondary N) is 2. The topological polar surface area (TPSA) is 119 Å². The molecule has 0 bridgehead atoms. The van der Waals surface area contributed by atoms with E-state index in [0.717, 1.165) is 25.2 Å². The lowest BCUT2D eigenvalue weighted by Crippen LogP contribution is -2.38. The van der Waals surface area contributed by atoms with E-state index in [-0.39, 0.29) is 25.2 Å². The number of ether oxygens (including phenoxy) is 4. The van der Waals surface area contributed by atoms with Gasteiger partial charge in [-0.2, -0.15) is 0 Å². The van der Waals surface area contributed by atoms with E-state index >= 15 is 0 Å². The Hall–Kier alpha value is -4.61. The summed E-state index contributed by atoms with van der Waals surface area (Å²) in [6, 6.07) is 19.0. The molecule has 1 heterocycles. The average molecular weight is 633 g/mol. The van der Waals surface area contributed by atoms with Crippen LogP contribution in [0.4, 0.5) is 21.9 Å². The first-order chi connectivity index (χ1) is 22.2. The number of amides is 3. The minimum absolute atomic E-state index is 0.0521. The molecule has 0 unspecified atom stereocenters. The Balaban J connectivity index is 1.43. The molecule has 3 aromatic rings. The van der Waals surface area contributed by atoms with Crippen LogP contribution in [0.2, 0.25) is 0 Å². The monoisotopic (exact) mass is 632 g/mol. The Morgan fingerprint density at radius 1 is 0.957 bits per heavy atom. The predicted octanol–water partition coefficient (Wildman–Crippen LogP) is 5.74. The van der Waals surface area contributed by atoms with Crippen molar-refractivity contribution in [3.05, 3.63) is 77.9 Å². The van der Waals surface area contributed by atoms with Gasteiger partial charge in [-0.05, 0) is 81.8 Å². The van der Waals surface area contributed by atoms with Gasteiger partial charge in [0.05, 0.1) is 44.2 Å². The summed E-state index contributed by atoms with van der Waals surface area (Å²) in [5, 5.41) is 5.69. The van der Waals surface area contributed by atoms with Crippen molar-refractivity contribution >= 4 is 35.0 Å². The van der Waals surface area contributed by atoms with Crippen LogP contribution in [0, 0.1) is 6.92 Å². The van der Waals surface area contributed by atoms with E-state index in [2.05, 4.69) is 15.5 Å². The maximum Gasteiger partial charge on any atom is 0.338 e. The highest BCUT2D eigenvalue weighted by Gasteiger charge is 2.20. The summed E-state index contributed by atoms with van der Waals surface area (Å²) >= 11 is 0. The van der Waals surface area contributed by atoms with Crippen LogP contribution in [0.5, 0.6) is 11.5 Å². The predicted molar refractivity (Wildman–Crippen MR) is 178 cm³/mol. The molecule has 1 aliphatic rings. The summed E-state index contributed by atoms with van der Waals surface area (Å²) in [5.41, 5.74) is 3.16. The van der Waals surface area contributed by atoms with E-state index < -0.39 is 12.0 Å². The van der Waals surface area contributed by atoms with Crippen LogP contribution >= 0.6 is 0 Å². The molecule has 3 aromatic carbocycles. The molecule has 0 spiro atoms. The molecule has 2 N–H and O–H groups in total. The van der Waals surface area contributed by atoms with E-state index in [9.17, 15) is 14.4 Å². The van der Waals surface area contributed by atoms with Crippen LogP contribution in [0.25, 0.3) is 0 Å². The summed E-state index contributed by atoms with van der Waals surface area (Å²) in [5.74, 6) is 0.532. The number of para-hydroxylation sites is 1. The molecule has 4 rings (SSSR count). The second-order valence-corrected chi connectivity index (χ2v) is 11.2. The molecule has 246 valence electrons. The maximum atomic E-state index is 13.6. The van der Waals surface area contributed by atoms with E-state index in [0.29, 0.717) is 60.2 Å². The van der Waals surface area contributed by atoms with Crippen LogP contribution in [-0.2, 0) is 14.3 Å². The number of esters is 1. The molecule has 11 nitrogen and oxygen atoms in total. The van der Waals surface area contributed by atoms with Gasteiger partial charge < -0.3 is 34.5 Å². The summed E-state index contributed by atoms with van der Waals surface area (Å²) in [6.45, 7) is 9.96. The average Bonchev–Trinajstić information content (AvgIpc) is 3.05. The zero-order valence-electron chi connectivity index (χ0n) is 27.0. The van der Waals surface area contributed by atoms with Gasteiger partial charge in [0.1, 0.15) is 18.1 Å². The summed E-state index contributed by atoms with van der Waals surface area (Å²) in [6.07, 6.45) is 0.852. The fourth-order valence-electron chi connectivity index (χ4n) is 4.98. The Morgan fingerprint density at radius 2 is 1.67 bits per heavy atom. The maximum absolute atomic E-state index is 13.6. The molecule has 0 radical (unpaired) electrons. The largest absolute Gasteiger partial charge is 0.494 e. The number of anilines is 3. The van der Waals surface area contributed by atoms with Crippen molar-refractivity contribution in [3.8, 4) is 11.5 Å². The number of benzene rings is 3. The van der Waals surface area contributed by atoms with Crippen molar-refractivity contribution in [3.63, 3.8) is 0 Å². The SMILES string of the molecule is COc1cc(N(CCOc2ccc(C(=O)OC(C)C)cc2)C(=O)CCCN2CCOCC2)ccc1NC(=O)Nc1ccccc1C. The Bertz CT molecular complexity index is 1460. The lowest BCUT2D eigenvalue weighted by Gasteiger charge is -2.27. The number of carbonyl (C=O) groups is 3. The molecule has 3 amide bonds. The van der Waals surface area contributed by atoms with Crippen LogP contribution in [0.1, 0.15) is 42.6 Å². The smallest absolute Gasteiger partial charge is 0.338 e. The van der Waals surface area contributed by atoms with Gasteiger partial charge in [0.15, 0.2) is 0 Å². The fourth-order valence-corrected chi connectivity index (χ4v) is 4.98. The molecule has 1 saturated heterocycles. The minimum Gasteiger partial charge on any atom is -0.494 e. The van der Waals surface area contributed by atoms with Gasteiger partial charge in [-0.25, -0.2) is 9.59 Å². The zero-order valence-corrected chi connectivity index (χ0v) is 27.0. The summed E-state index contributed by atoms with van der Waals surface area (Å²) in [7, 11) is 1.52. The molecule has 11 heteroatoms. The standard InChI is InChI=1S/C35H44N4O7/c1-25(2)46-34(41)27-11-14-29(15-12-27)45-23-20-39(33(40)10-7-17-38-18-21-44-22-19-38)28-13-16-31(32(24-28)43-4)37-35(42)36-30-9-6-5-8-26(30)3/h5-6,8-9,11-16,24-25H,7,10,17-23H2,1-4H3,(H2,36,37,42). The van der Waals surface area contributed by atoms with Gasteiger partial charge in [-0.3, -0.25) is 9.69 Å². The third kappa shape index (κ3) is 10.2. The van der Waals surface area contributed by atoms with Crippen LogP contribution < -0.4 is 25.0 Å². The number of aryl methyl sites for hydroxylation is 1. The first-order valence-corrected chi connectivity index (χ1v) is 15.6. The van der Waals surface area contributed by atoms with Gasteiger partial charge in [-0.1, -0.05) is 18.2 Å². The van der Waals surface area contributed by atoms with Gasteiger partial charge in [0.2, 0.25) is 5.91 Å². The van der Waals surface area contributed by atoms with Crippen molar-refractivity contribution in [2.45, 2.75) is 39.7 Å². The Kier molecular flexibility index (Phi) is 12.8. The number of rotatable bonds is 14. The van der Waals surface area contributed by atoms with E-state index in [1.54, 1.807) is 61.2 Å². The lowest BCUT2D eigenvalue weighted by molar-refractivity contribution is -0.118. The third-order valence-electron chi connectivity index (χ3n) is 7.42. The molecule has 1 fully saturated rings. The zero-order chi connectivity index (χ0) is 32.9. The highest BCUT2D eigenvalue weighted by atomic mass is 16.5. The third-order valence-corrected chi connectivity index (χ3v) is 7.42. The van der Waals surface area contributed by atoms with E-state index in [1.807, 2.05) is 31.2 Å². The first-order valence-electron chi connectivity index (χ1n) is 15.6. The number of methoxy groups -OCH3 is 1. The number of morpholine rings is 1. The number of hydrogen-bond acceptors (Lipinski definition) is 8. The van der Waals surface area contributed by atoms with E-state index in [4.69, 9.17) is 18.9 Å². The Labute approximate surface area is 270 Å². The van der Waals surface area contributed by atoms with Gasteiger partial charge in [-0.15, -0.1) is 0 Å². The fraction of sp³-hybridized carbons (Fsp3) is 0.400. The summed E-state index contributed by atoms with van der Waals surface area (Å²) < 4.78 is 22.2. The molecule has 1 aliphatic heterocycles. The van der Waals surface area contributed by atoms with Gasteiger partial charge >= 0.3 is 12.0 Å². The first kappa shape index (κ1) is 34.3. The highest BCUT2D eigenvalue weighted by molar-refractivity contribution is 6.01. The second kappa shape index (κ2) is 17.2. The van der Waals surface area contributed by atoms with Crippen molar-refractivity contribution in [2.75, 3.05) is 68.6 Å². The minimum atomic E-state index is -0.409. The van der Waals surface area contributed by atoms with Crippen molar-refractivity contribution in [1.29, 1.82) is 0 Å². The van der Waals surface area contributed by atoms with Crippen molar-refractivity contribution in [2.24, 2.45) is 0 Å². The molecular weight excluding hydrogens is 588 g/mol. The van der Waals surface area contributed by atoms with Crippen molar-refractivity contribution < 1.29 is 33.3 Å². The highest BCUT2D eigenvalue weighted by Crippen LogP contribution is 2.31. The lowest BCUT2D eigenvalue weighted by atomic mass is 10.2. The molecule has 0 saturated carbocycles. The summed E-state index contributed by atoms with van der Waals surface area (Å²) in [4.78, 5) is 42.5. The van der Waals surface area contributed by atoms with Crippen LogP contribution in [-0.4, -0.2) is 82.0 Å². The van der Waals surface area contributed by atoms with Crippen LogP contribution in [0.15, 0.2) is 66.7 Å². The molecule has 0 aromatic heterocycles. The quantitative estimate of drug-likeness (QED) is 0.216. The second-order valence-electron chi connectivity index (χ2n) is 11.2. The van der Waals surface area contributed by atoms with Gasteiger partial charge in [0.25, 0.3) is 0 Å². The molecule has 0 aliphatic carbocycles. The Morgan fingerprint density at radius 3 is 2.37 bits per heavy atom. The number of hydrogen-bond donors (Lipinski definition) is 2. The normalized spacial score (nSPS) is 13.2. The molecule has 0 atom stereocenters. The molecule has 46 heavy (non-hydrogen) atoms. The van der Waals surface area contributed by atoms with Gasteiger partial charge in [0, 0.05) is 37.0 Å². The van der Waals surface area contributed by atoms with Crippen molar-refractivity contribution in [1.82, 2.24) is 4.90 Å². The van der Waals surface area contributed by atoms with Crippen LogP contribution in [0.3, 0.4) is 0 Å². The molecular formula is C35H44N4O7. The van der Waals surface area contributed by atoms with E-state index in [1.165, 1.54) is 7.11 Å². The number of nitrogens with zero attached hydrogens (tertiary/aromatic N) is 2. The number of urea groups is 1. The number of carbonyl (C=O) groups excluding carboxylic acids is 3.